The van der Waals surface area contributed by atoms with Gasteiger partial charge in [0.1, 0.15) is 0 Å². The first-order valence-electron chi connectivity index (χ1n) is 6.24. The van der Waals surface area contributed by atoms with Crippen LogP contribution in [-0.4, -0.2) is 24.0 Å². The van der Waals surface area contributed by atoms with Gasteiger partial charge in [-0.2, -0.15) is 11.8 Å². The number of anilines is 1. The lowest BCUT2D eigenvalue weighted by Crippen LogP contribution is -2.36. The standard InChI is InChI=1S/C14H22N2OS/c1-4-11-7-5-6-10(2)13(11)16-14(17)12(15)8-9-18-3/h5-7,12H,4,8-9,15H2,1-3H3,(H,16,17)/t12-/m0/s1. The summed E-state index contributed by atoms with van der Waals surface area (Å²) in [6.45, 7) is 4.08. The lowest BCUT2D eigenvalue weighted by Gasteiger charge is -2.16. The third-order valence-corrected chi connectivity index (χ3v) is 3.60. The van der Waals surface area contributed by atoms with E-state index in [0.29, 0.717) is 6.42 Å². The Hall–Kier alpha value is -1.000. The second kappa shape index (κ2) is 7.44. The van der Waals surface area contributed by atoms with Gasteiger partial charge in [-0.25, -0.2) is 0 Å². The maximum absolute atomic E-state index is 12.0. The average Bonchev–Trinajstić information content (AvgIpc) is 2.38. The molecule has 0 saturated heterocycles. The molecular formula is C14H22N2OS. The van der Waals surface area contributed by atoms with Crippen LogP contribution in [-0.2, 0) is 11.2 Å². The molecule has 3 N–H and O–H groups in total. The molecule has 0 fully saturated rings. The van der Waals surface area contributed by atoms with Crippen molar-refractivity contribution in [2.45, 2.75) is 32.7 Å². The molecule has 1 atom stereocenters. The Bertz CT molecular complexity index is 407. The lowest BCUT2D eigenvalue weighted by molar-refractivity contribution is -0.117. The quantitative estimate of drug-likeness (QED) is 0.832. The number of benzene rings is 1. The van der Waals surface area contributed by atoms with Gasteiger partial charge >= 0.3 is 0 Å². The van der Waals surface area contributed by atoms with Gasteiger partial charge in [-0.3, -0.25) is 4.79 Å². The number of carbonyl (C=O) groups excluding carboxylic acids is 1. The van der Waals surface area contributed by atoms with E-state index in [0.717, 1.165) is 29.0 Å². The number of thioether (sulfide) groups is 1. The number of nitrogens with one attached hydrogen (secondary N) is 1. The molecule has 0 saturated carbocycles. The second-order valence-electron chi connectivity index (χ2n) is 4.34. The van der Waals surface area contributed by atoms with Crippen molar-refractivity contribution in [1.82, 2.24) is 0 Å². The zero-order valence-electron chi connectivity index (χ0n) is 11.3. The van der Waals surface area contributed by atoms with E-state index in [-0.39, 0.29) is 5.91 Å². The SMILES string of the molecule is CCc1cccc(C)c1NC(=O)[C@@H](N)CCSC. The van der Waals surface area contributed by atoms with E-state index in [1.807, 2.05) is 31.4 Å². The Labute approximate surface area is 114 Å². The zero-order valence-corrected chi connectivity index (χ0v) is 12.1. The molecular weight excluding hydrogens is 244 g/mol. The van der Waals surface area contributed by atoms with Crippen LogP contribution in [0, 0.1) is 6.92 Å². The maximum atomic E-state index is 12.0. The normalized spacial score (nSPS) is 12.2. The van der Waals surface area contributed by atoms with E-state index in [9.17, 15) is 4.79 Å². The fourth-order valence-corrected chi connectivity index (χ4v) is 2.28. The van der Waals surface area contributed by atoms with Crippen molar-refractivity contribution < 1.29 is 4.79 Å². The van der Waals surface area contributed by atoms with Crippen molar-refractivity contribution in [3.63, 3.8) is 0 Å². The maximum Gasteiger partial charge on any atom is 0.241 e. The second-order valence-corrected chi connectivity index (χ2v) is 5.33. The van der Waals surface area contributed by atoms with Crippen molar-refractivity contribution in [2.75, 3.05) is 17.3 Å². The Kier molecular flexibility index (Phi) is 6.22. The molecule has 0 aliphatic carbocycles. The molecule has 18 heavy (non-hydrogen) atoms. The van der Waals surface area contributed by atoms with Crippen LogP contribution in [0.4, 0.5) is 5.69 Å². The summed E-state index contributed by atoms with van der Waals surface area (Å²) >= 11 is 1.70. The molecule has 1 amide bonds. The summed E-state index contributed by atoms with van der Waals surface area (Å²) in [5, 5.41) is 2.97. The highest BCUT2D eigenvalue weighted by Gasteiger charge is 2.15. The Morgan fingerprint density at radius 3 is 2.83 bits per heavy atom. The lowest BCUT2D eigenvalue weighted by atomic mass is 10.1. The van der Waals surface area contributed by atoms with Crippen molar-refractivity contribution in [3.05, 3.63) is 29.3 Å². The van der Waals surface area contributed by atoms with Crippen LogP contribution in [0.1, 0.15) is 24.5 Å². The summed E-state index contributed by atoms with van der Waals surface area (Å²) in [6.07, 6.45) is 3.62. The van der Waals surface area contributed by atoms with Gasteiger partial charge in [0.25, 0.3) is 0 Å². The summed E-state index contributed by atoms with van der Waals surface area (Å²) in [4.78, 5) is 12.0. The monoisotopic (exact) mass is 266 g/mol. The number of aryl methyl sites for hydroxylation is 2. The summed E-state index contributed by atoms with van der Waals surface area (Å²) in [5.74, 6) is 0.816. The van der Waals surface area contributed by atoms with Crippen LogP contribution in [0.15, 0.2) is 18.2 Å². The Balaban J connectivity index is 2.75. The molecule has 0 heterocycles. The topological polar surface area (TPSA) is 55.1 Å². The molecule has 4 heteroatoms. The molecule has 1 rings (SSSR count). The molecule has 1 aromatic carbocycles. The zero-order chi connectivity index (χ0) is 13.5. The van der Waals surface area contributed by atoms with Crippen LogP contribution >= 0.6 is 11.8 Å². The van der Waals surface area contributed by atoms with Crippen molar-refractivity contribution >= 4 is 23.4 Å². The molecule has 0 radical (unpaired) electrons. The number of rotatable bonds is 6. The van der Waals surface area contributed by atoms with Crippen LogP contribution in [0.3, 0.4) is 0 Å². The van der Waals surface area contributed by atoms with E-state index in [4.69, 9.17) is 5.73 Å². The molecule has 1 aromatic rings. The highest BCUT2D eigenvalue weighted by molar-refractivity contribution is 7.98. The smallest absolute Gasteiger partial charge is 0.241 e. The first-order chi connectivity index (χ1) is 8.60. The minimum atomic E-state index is -0.429. The summed E-state index contributed by atoms with van der Waals surface area (Å²) in [5.41, 5.74) is 9.02. The number of carbonyl (C=O) groups is 1. The summed E-state index contributed by atoms with van der Waals surface area (Å²) < 4.78 is 0. The highest BCUT2D eigenvalue weighted by atomic mass is 32.2. The summed E-state index contributed by atoms with van der Waals surface area (Å²) in [7, 11) is 0. The van der Waals surface area contributed by atoms with Crippen LogP contribution in [0.5, 0.6) is 0 Å². The molecule has 3 nitrogen and oxygen atoms in total. The van der Waals surface area contributed by atoms with Crippen LogP contribution < -0.4 is 11.1 Å². The van der Waals surface area contributed by atoms with E-state index in [1.54, 1.807) is 11.8 Å². The average molecular weight is 266 g/mol. The van der Waals surface area contributed by atoms with Crippen LogP contribution in [0.25, 0.3) is 0 Å². The van der Waals surface area contributed by atoms with Crippen LogP contribution in [0.2, 0.25) is 0 Å². The van der Waals surface area contributed by atoms with Gasteiger partial charge in [-0.1, -0.05) is 25.1 Å². The van der Waals surface area contributed by atoms with Crippen molar-refractivity contribution in [1.29, 1.82) is 0 Å². The van der Waals surface area contributed by atoms with Gasteiger partial charge in [-0.05, 0) is 42.9 Å². The minimum Gasteiger partial charge on any atom is -0.324 e. The molecule has 0 bridgehead atoms. The largest absolute Gasteiger partial charge is 0.324 e. The van der Waals surface area contributed by atoms with E-state index < -0.39 is 6.04 Å². The first-order valence-corrected chi connectivity index (χ1v) is 7.63. The number of nitrogens with two attached hydrogens (primary N) is 1. The fourth-order valence-electron chi connectivity index (χ4n) is 1.79. The molecule has 0 unspecified atom stereocenters. The number of para-hydroxylation sites is 1. The third-order valence-electron chi connectivity index (χ3n) is 2.96. The van der Waals surface area contributed by atoms with E-state index in [1.165, 1.54) is 0 Å². The molecule has 0 aliphatic rings. The van der Waals surface area contributed by atoms with E-state index in [2.05, 4.69) is 12.2 Å². The molecule has 0 aliphatic heterocycles. The highest BCUT2D eigenvalue weighted by Crippen LogP contribution is 2.21. The van der Waals surface area contributed by atoms with Gasteiger partial charge in [-0.15, -0.1) is 0 Å². The third kappa shape index (κ3) is 4.03. The number of hydrogen-bond acceptors (Lipinski definition) is 3. The first kappa shape index (κ1) is 15.1. The van der Waals surface area contributed by atoms with E-state index >= 15 is 0 Å². The predicted octanol–water partition coefficient (Wildman–Crippen LogP) is 2.58. The fraction of sp³-hybridized carbons (Fsp3) is 0.500. The summed E-state index contributed by atoms with van der Waals surface area (Å²) in [6, 6.07) is 5.62. The molecule has 100 valence electrons. The van der Waals surface area contributed by atoms with Gasteiger partial charge < -0.3 is 11.1 Å². The predicted molar refractivity (Wildman–Crippen MR) is 80.2 cm³/mol. The molecule has 0 spiro atoms. The Morgan fingerprint density at radius 2 is 2.22 bits per heavy atom. The number of amides is 1. The van der Waals surface area contributed by atoms with Gasteiger partial charge in [0, 0.05) is 5.69 Å². The van der Waals surface area contributed by atoms with Gasteiger partial charge in [0.2, 0.25) is 5.91 Å². The molecule has 0 aromatic heterocycles. The minimum absolute atomic E-state index is 0.0898. The van der Waals surface area contributed by atoms with Gasteiger partial charge in [0.05, 0.1) is 6.04 Å². The van der Waals surface area contributed by atoms with Crippen molar-refractivity contribution in [2.24, 2.45) is 5.73 Å². The number of hydrogen-bond donors (Lipinski definition) is 2. The Morgan fingerprint density at radius 1 is 1.50 bits per heavy atom. The van der Waals surface area contributed by atoms with Gasteiger partial charge in [0.15, 0.2) is 0 Å². The van der Waals surface area contributed by atoms with Crippen molar-refractivity contribution in [3.8, 4) is 0 Å².